The minimum Gasteiger partial charge on any atom is -0.493 e. The van der Waals surface area contributed by atoms with Crippen LogP contribution in [0, 0.1) is 0 Å². The van der Waals surface area contributed by atoms with Crippen LogP contribution in [-0.2, 0) is 9.47 Å². The number of amides is 1. The summed E-state index contributed by atoms with van der Waals surface area (Å²) < 4.78 is 22.8. The van der Waals surface area contributed by atoms with Crippen molar-refractivity contribution in [1.82, 2.24) is 15.2 Å². The van der Waals surface area contributed by atoms with Crippen LogP contribution < -0.4 is 14.8 Å². The smallest absolute Gasteiger partial charge is 0.410 e. The first-order chi connectivity index (χ1) is 16.8. The van der Waals surface area contributed by atoms with Crippen molar-refractivity contribution in [2.75, 3.05) is 33.4 Å². The maximum absolute atomic E-state index is 12.5. The van der Waals surface area contributed by atoms with Crippen LogP contribution in [0.5, 0.6) is 11.5 Å². The standard InChI is InChI=1S/C27H37N3O5/c1-27(2,3)35-26(31)30-13-9-21(10-14-30)29-25(20-6-5-12-28-17-20)19-7-8-23(32-4)24(16-19)34-22-11-15-33-18-22/h5-8,12,16-17,21-22,25,29H,9-11,13-15,18H2,1-4H3. The van der Waals surface area contributed by atoms with Crippen LogP contribution in [0.1, 0.15) is 57.2 Å². The number of pyridine rings is 1. The molecule has 0 radical (unpaired) electrons. The van der Waals surface area contributed by atoms with E-state index in [1.54, 1.807) is 18.2 Å². The number of benzene rings is 1. The number of nitrogens with one attached hydrogen (secondary N) is 1. The number of likely N-dealkylation sites (tertiary alicyclic amines) is 1. The highest BCUT2D eigenvalue weighted by Gasteiger charge is 2.29. The van der Waals surface area contributed by atoms with E-state index in [9.17, 15) is 4.79 Å². The van der Waals surface area contributed by atoms with E-state index in [4.69, 9.17) is 18.9 Å². The number of aromatic nitrogens is 1. The largest absolute Gasteiger partial charge is 0.493 e. The van der Waals surface area contributed by atoms with Gasteiger partial charge in [0.15, 0.2) is 11.5 Å². The number of nitrogens with zero attached hydrogens (tertiary/aromatic N) is 2. The first kappa shape index (κ1) is 25.3. The summed E-state index contributed by atoms with van der Waals surface area (Å²) in [6, 6.07) is 10.3. The maximum Gasteiger partial charge on any atom is 0.410 e. The molecule has 8 nitrogen and oxygen atoms in total. The van der Waals surface area contributed by atoms with E-state index in [0.717, 1.165) is 36.1 Å². The van der Waals surface area contributed by atoms with Crippen molar-refractivity contribution in [3.05, 3.63) is 53.9 Å². The molecule has 2 aromatic rings. The molecule has 2 fully saturated rings. The van der Waals surface area contributed by atoms with Crippen molar-refractivity contribution in [3.8, 4) is 11.5 Å². The third-order valence-electron chi connectivity index (χ3n) is 6.27. The van der Waals surface area contributed by atoms with E-state index >= 15 is 0 Å². The lowest BCUT2D eigenvalue weighted by molar-refractivity contribution is 0.0196. The minimum atomic E-state index is -0.490. The van der Waals surface area contributed by atoms with Gasteiger partial charge in [-0.1, -0.05) is 12.1 Å². The summed E-state index contributed by atoms with van der Waals surface area (Å²) in [4.78, 5) is 18.6. The molecule has 3 heterocycles. The highest BCUT2D eigenvalue weighted by atomic mass is 16.6. The zero-order valence-electron chi connectivity index (χ0n) is 21.2. The highest BCUT2D eigenvalue weighted by molar-refractivity contribution is 5.68. The van der Waals surface area contributed by atoms with Crippen LogP contribution in [0.25, 0.3) is 0 Å². The molecule has 1 amide bonds. The van der Waals surface area contributed by atoms with Gasteiger partial charge in [0.1, 0.15) is 11.7 Å². The molecular weight excluding hydrogens is 446 g/mol. The molecule has 190 valence electrons. The van der Waals surface area contributed by atoms with Crippen molar-refractivity contribution in [2.45, 2.75) is 63.8 Å². The van der Waals surface area contributed by atoms with Gasteiger partial charge in [-0.05, 0) is 62.9 Å². The first-order valence-corrected chi connectivity index (χ1v) is 12.4. The second kappa shape index (κ2) is 11.3. The average molecular weight is 484 g/mol. The van der Waals surface area contributed by atoms with Gasteiger partial charge in [-0.3, -0.25) is 4.98 Å². The van der Waals surface area contributed by atoms with Crippen LogP contribution >= 0.6 is 0 Å². The van der Waals surface area contributed by atoms with Gasteiger partial charge in [-0.25, -0.2) is 4.79 Å². The molecule has 0 saturated carbocycles. The number of methoxy groups -OCH3 is 1. The molecule has 2 unspecified atom stereocenters. The zero-order chi connectivity index (χ0) is 24.8. The summed E-state index contributed by atoms with van der Waals surface area (Å²) in [6.07, 6.45) is 6.01. The van der Waals surface area contributed by atoms with Crippen molar-refractivity contribution < 1.29 is 23.7 Å². The minimum absolute atomic E-state index is 0.0288. The van der Waals surface area contributed by atoms with Crippen molar-refractivity contribution in [1.29, 1.82) is 0 Å². The van der Waals surface area contributed by atoms with Gasteiger partial charge in [0.25, 0.3) is 0 Å². The van der Waals surface area contributed by atoms with E-state index in [1.807, 2.05) is 39.1 Å². The Morgan fingerprint density at radius 2 is 1.94 bits per heavy atom. The fourth-order valence-corrected chi connectivity index (χ4v) is 4.47. The molecule has 2 atom stereocenters. The number of rotatable bonds is 7. The SMILES string of the molecule is COc1ccc(C(NC2CCN(C(=O)OC(C)(C)C)CC2)c2cccnc2)cc1OC1CCOC1. The summed E-state index contributed by atoms with van der Waals surface area (Å²) in [6.45, 7) is 8.30. The monoisotopic (exact) mass is 483 g/mol. The Hall–Kier alpha value is -2.84. The normalized spacial score (nSPS) is 19.9. The van der Waals surface area contributed by atoms with E-state index < -0.39 is 5.60 Å². The van der Waals surface area contributed by atoms with Crippen LogP contribution in [0.3, 0.4) is 0 Å². The number of carbonyl (C=O) groups is 1. The molecule has 35 heavy (non-hydrogen) atoms. The summed E-state index contributed by atoms with van der Waals surface area (Å²) >= 11 is 0. The van der Waals surface area contributed by atoms with E-state index in [-0.39, 0.29) is 24.3 Å². The number of ether oxygens (including phenoxy) is 4. The first-order valence-electron chi connectivity index (χ1n) is 12.4. The maximum atomic E-state index is 12.5. The van der Waals surface area contributed by atoms with E-state index in [2.05, 4.69) is 28.5 Å². The molecule has 2 aliphatic heterocycles. The number of hydrogen-bond donors (Lipinski definition) is 1. The van der Waals surface area contributed by atoms with Gasteiger partial charge in [0.05, 0.1) is 26.4 Å². The molecule has 1 N–H and O–H groups in total. The Balaban J connectivity index is 1.49. The molecule has 0 bridgehead atoms. The molecule has 0 aliphatic carbocycles. The molecule has 4 rings (SSSR count). The number of piperidine rings is 1. The Morgan fingerprint density at radius 3 is 2.57 bits per heavy atom. The fourth-order valence-electron chi connectivity index (χ4n) is 4.47. The topological polar surface area (TPSA) is 82.2 Å². The Labute approximate surface area is 207 Å². The molecule has 2 aliphatic rings. The molecule has 8 heteroatoms. The van der Waals surface area contributed by atoms with Gasteiger partial charge < -0.3 is 29.2 Å². The zero-order valence-corrected chi connectivity index (χ0v) is 21.2. The van der Waals surface area contributed by atoms with E-state index in [1.165, 1.54) is 0 Å². The summed E-state index contributed by atoms with van der Waals surface area (Å²) in [5.74, 6) is 1.42. The second-order valence-electron chi connectivity index (χ2n) is 10.1. The van der Waals surface area contributed by atoms with Crippen molar-refractivity contribution in [3.63, 3.8) is 0 Å². The van der Waals surface area contributed by atoms with Crippen LogP contribution in [-0.4, -0.2) is 67.1 Å². The average Bonchev–Trinajstić information content (AvgIpc) is 3.35. The van der Waals surface area contributed by atoms with Gasteiger partial charge in [-0.2, -0.15) is 0 Å². The molecule has 0 spiro atoms. The van der Waals surface area contributed by atoms with E-state index in [0.29, 0.717) is 32.1 Å². The third-order valence-corrected chi connectivity index (χ3v) is 6.27. The third kappa shape index (κ3) is 6.86. The fraction of sp³-hybridized carbons (Fsp3) is 0.556. The Morgan fingerprint density at radius 1 is 1.14 bits per heavy atom. The summed E-state index contributed by atoms with van der Waals surface area (Å²) in [7, 11) is 1.66. The lowest BCUT2D eigenvalue weighted by Crippen LogP contribution is -2.47. The molecular formula is C27H37N3O5. The predicted octanol–water partition coefficient (Wildman–Crippen LogP) is 4.34. The predicted molar refractivity (Wildman–Crippen MR) is 133 cm³/mol. The highest BCUT2D eigenvalue weighted by Crippen LogP contribution is 2.34. The van der Waals surface area contributed by atoms with Gasteiger partial charge in [0.2, 0.25) is 0 Å². The second-order valence-corrected chi connectivity index (χ2v) is 10.1. The van der Waals surface area contributed by atoms with Crippen LogP contribution in [0.4, 0.5) is 4.79 Å². The Kier molecular flexibility index (Phi) is 8.13. The molecule has 1 aromatic heterocycles. The summed E-state index contributed by atoms with van der Waals surface area (Å²) in [5, 5.41) is 3.81. The lowest BCUT2D eigenvalue weighted by atomic mass is 9.96. The van der Waals surface area contributed by atoms with Gasteiger partial charge in [-0.15, -0.1) is 0 Å². The number of hydrogen-bond acceptors (Lipinski definition) is 7. The Bertz CT molecular complexity index is 965. The van der Waals surface area contributed by atoms with Crippen molar-refractivity contribution in [2.24, 2.45) is 0 Å². The lowest BCUT2D eigenvalue weighted by Gasteiger charge is -2.35. The summed E-state index contributed by atoms with van der Waals surface area (Å²) in [5.41, 5.74) is 1.65. The van der Waals surface area contributed by atoms with Crippen LogP contribution in [0.15, 0.2) is 42.7 Å². The van der Waals surface area contributed by atoms with Crippen molar-refractivity contribution >= 4 is 6.09 Å². The quantitative estimate of drug-likeness (QED) is 0.627. The van der Waals surface area contributed by atoms with Crippen LogP contribution in [0.2, 0.25) is 0 Å². The number of carbonyl (C=O) groups excluding carboxylic acids is 1. The molecule has 1 aromatic carbocycles. The van der Waals surface area contributed by atoms with Gasteiger partial charge in [0, 0.05) is 37.9 Å². The van der Waals surface area contributed by atoms with Gasteiger partial charge >= 0.3 is 6.09 Å². The molecule has 2 saturated heterocycles.